The summed E-state index contributed by atoms with van der Waals surface area (Å²) >= 11 is 0. The normalized spacial score (nSPS) is 30.2. The largest absolute Gasteiger partial charge is 0.461 e. The Hall–Kier alpha value is -1.43. The van der Waals surface area contributed by atoms with E-state index in [1.54, 1.807) is 0 Å². The van der Waals surface area contributed by atoms with Crippen molar-refractivity contribution in [2.24, 2.45) is 11.8 Å². The van der Waals surface area contributed by atoms with E-state index in [9.17, 15) is 4.79 Å². The lowest BCUT2D eigenvalue weighted by molar-refractivity contribution is -0.147. The van der Waals surface area contributed by atoms with Crippen LogP contribution in [-0.2, 0) is 25.6 Å². The van der Waals surface area contributed by atoms with Gasteiger partial charge in [0, 0.05) is 5.92 Å². The Kier molecular flexibility index (Phi) is 5.77. The number of rotatable bonds is 7. The average molecular weight is 348 g/mol. The third kappa shape index (κ3) is 4.60. The van der Waals surface area contributed by atoms with Gasteiger partial charge in [0.25, 0.3) is 0 Å². The Morgan fingerprint density at radius 3 is 2.80 bits per heavy atom. The lowest BCUT2D eigenvalue weighted by Gasteiger charge is -2.23. The van der Waals surface area contributed by atoms with Gasteiger partial charge in [0.15, 0.2) is 0 Å². The molecule has 0 unspecified atom stereocenters. The first kappa shape index (κ1) is 18.4. The maximum absolute atomic E-state index is 12.3. The molecule has 1 heterocycles. The molecule has 0 amide bonds. The summed E-state index contributed by atoms with van der Waals surface area (Å²) in [5.74, 6) is 0.205. The third-order valence-corrected chi connectivity index (χ3v) is 5.18. The van der Waals surface area contributed by atoms with Crippen LogP contribution in [0.1, 0.15) is 38.7 Å². The molecule has 3 rings (SSSR count). The number of carbonyl (C=O) groups is 1. The summed E-state index contributed by atoms with van der Waals surface area (Å²) in [7, 11) is 0. The molecule has 138 valence electrons. The molecule has 2 fully saturated rings. The van der Waals surface area contributed by atoms with Gasteiger partial charge in [0.2, 0.25) is 0 Å². The van der Waals surface area contributed by atoms with Crippen molar-refractivity contribution in [1.29, 1.82) is 0 Å². The fraction of sp³-hybridized carbons (Fsp3) is 0.650. The summed E-state index contributed by atoms with van der Waals surface area (Å²) in [6.07, 6.45) is 2.13. The van der Waals surface area contributed by atoms with Gasteiger partial charge in [-0.1, -0.05) is 30.3 Å². The summed E-state index contributed by atoms with van der Waals surface area (Å²) in [4.78, 5) is 12.3. The molecule has 1 saturated heterocycles. The van der Waals surface area contributed by atoms with Crippen molar-refractivity contribution in [3.8, 4) is 0 Å². The minimum absolute atomic E-state index is 0.0158. The highest BCUT2D eigenvalue weighted by atomic mass is 16.5. The zero-order valence-corrected chi connectivity index (χ0v) is 15.0. The number of carbonyl (C=O) groups excluding carboxylic acids is 1. The molecular formula is C20H28O5. The molecule has 0 bridgehead atoms. The van der Waals surface area contributed by atoms with E-state index in [1.165, 1.54) is 0 Å². The van der Waals surface area contributed by atoms with E-state index in [1.807, 2.05) is 30.3 Å². The average Bonchev–Trinajstić information content (AvgIpc) is 3.06. The number of esters is 1. The van der Waals surface area contributed by atoms with Crippen LogP contribution in [0, 0.1) is 11.8 Å². The molecule has 1 aromatic carbocycles. The van der Waals surface area contributed by atoms with Gasteiger partial charge in [-0.3, -0.25) is 4.79 Å². The number of aliphatic hydroxyl groups excluding tert-OH is 1. The van der Waals surface area contributed by atoms with Crippen molar-refractivity contribution in [2.75, 3.05) is 13.2 Å². The molecule has 1 saturated carbocycles. The minimum atomic E-state index is -0.192. The lowest BCUT2D eigenvalue weighted by Crippen LogP contribution is -2.26. The predicted octanol–water partition coefficient (Wildman–Crippen LogP) is 2.70. The standard InChI is InChI=1S/C20H28O5/c1-20(2)12-16-17(23-9-8-21)10-15(19(16)25-20)11-18(22)24-13-14-6-4-3-5-7-14/h3-7,15-17,19,21H,8-13H2,1-2H3/t15-,16+,17-,19-/m0/s1. The van der Waals surface area contributed by atoms with Crippen LogP contribution < -0.4 is 0 Å². The first-order valence-corrected chi connectivity index (χ1v) is 9.08. The van der Waals surface area contributed by atoms with Crippen LogP contribution in [0.15, 0.2) is 30.3 Å². The summed E-state index contributed by atoms with van der Waals surface area (Å²) < 4.78 is 17.5. The quantitative estimate of drug-likeness (QED) is 0.768. The molecule has 4 atom stereocenters. The summed E-state index contributed by atoms with van der Waals surface area (Å²) in [5, 5.41) is 9.03. The van der Waals surface area contributed by atoms with Crippen molar-refractivity contribution >= 4 is 5.97 Å². The van der Waals surface area contributed by atoms with Gasteiger partial charge < -0.3 is 19.3 Å². The van der Waals surface area contributed by atoms with Crippen LogP contribution >= 0.6 is 0 Å². The van der Waals surface area contributed by atoms with Crippen molar-refractivity contribution < 1.29 is 24.1 Å². The van der Waals surface area contributed by atoms with Gasteiger partial charge in [0.1, 0.15) is 6.61 Å². The summed E-state index contributed by atoms with van der Waals surface area (Å²) in [6, 6.07) is 9.70. The van der Waals surface area contributed by atoms with E-state index < -0.39 is 0 Å². The number of hydrogen-bond acceptors (Lipinski definition) is 5. The van der Waals surface area contributed by atoms with E-state index in [4.69, 9.17) is 19.3 Å². The molecule has 0 aromatic heterocycles. The third-order valence-electron chi connectivity index (χ3n) is 5.18. The first-order chi connectivity index (χ1) is 12.0. The molecular weight excluding hydrogens is 320 g/mol. The molecule has 1 aliphatic carbocycles. The van der Waals surface area contributed by atoms with Crippen LogP contribution in [-0.4, -0.2) is 42.1 Å². The Balaban J connectivity index is 1.56. The van der Waals surface area contributed by atoms with Gasteiger partial charge in [-0.15, -0.1) is 0 Å². The van der Waals surface area contributed by atoms with Crippen molar-refractivity contribution in [3.05, 3.63) is 35.9 Å². The number of hydrogen-bond donors (Lipinski definition) is 1. The SMILES string of the molecule is CC1(C)C[C@H]2[C@@H](O1)[C@H](CC(=O)OCc1ccccc1)C[C@@H]2OCCO. The lowest BCUT2D eigenvalue weighted by atomic mass is 9.93. The monoisotopic (exact) mass is 348 g/mol. The van der Waals surface area contributed by atoms with Gasteiger partial charge >= 0.3 is 5.97 Å². The number of ether oxygens (including phenoxy) is 3. The highest BCUT2D eigenvalue weighted by Crippen LogP contribution is 2.49. The van der Waals surface area contributed by atoms with Crippen LogP contribution in [0.2, 0.25) is 0 Å². The van der Waals surface area contributed by atoms with Gasteiger partial charge in [-0.25, -0.2) is 0 Å². The minimum Gasteiger partial charge on any atom is -0.461 e. The molecule has 5 heteroatoms. The van der Waals surface area contributed by atoms with Gasteiger partial charge in [-0.2, -0.15) is 0 Å². The molecule has 25 heavy (non-hydrogen) atoms. The van der Waals surface area contributed by atoms with E-state index in [2.05, 4.69) is 13.8 Å². The number of fused-ring (bicyclic) bond motifs is 1. The predicted molar refractivity (Wildman–Crippen MR) is 92.8 cm³/mol. The van der Waals surface area contributed by atoms with Gasteiger partial charge in [-0.05, 0) is 38.2 Å². The van der Waals surface area contributed by atoms with Crippen LogP contribution in [0.4, 0.5) is 0 Å². The van der Waals surface area contributed by atoms with Crippen molar-refractivity contribution in [1.82, 2.24) is 0 Å². The van der Waals surface area contributed by atoms with E-state index in [0.717, 1.165) is 18.4 Å². The fourth-order valence-electron chi connectivity index (χ4n) is 4.19. The maximum atomic E-state index is 12.3. The maximum Gasteiger partial charge on any atom is 0.306 e. The zero-order valence-electron chi connectivity index (χ0n) is 15.0. The zero-order chi connectivity index (χ0) is 17.9. The second-order valence-electron chi connectivity index (χ2n) is 7.69. The van der Waals surface area contributed by atoms with Crippen molar-refractivity contribution in [3.63, 3.8) is 0 Å². The molecule has 1 N–H and O–H groups in total. The molecule has 2 aliphatic rings. The highest BCUT2D eigenvalue weighted by molar-refractivity contribution is 5.69. The van der Waals surface area contributed by atoms with Crippen LogP contribution in [0.5, 0.6) is 0 Å². The number of aliphatic hydroxyl groups is 1. The smallest absolute Gasteiger partial charge is 0.306 e. The highest BCUT2D eigenvalue weighted by Gasteiger charge is 2.53. The second kappa shape index (κ2) is 7.85. The Morgan fingerprint density at radius 1 is 1.32 bits per heavy atom. The Morgan fingerprint density at radius 2 is 2.08 bits per heavy atom. The summed E-state index contributed by atoms with van der Waals surface area (Å²) in [5.41, 5.74) is 0.797. The van der Waals surface area contributed by atoms with Crippen molar-refractivity contribution in [2.45, 2.75) is 57.5 Å². The fourth-order valence-corrected chi connectivity index (χ4v) is 4.19. The topological polar surface area (TPSA) is 65.0 Å². The van der Waals surface area contributed by atoms with E-state index >= 15 is 0 Å². The molecule has 5 nitrogen and oxygen atoms in total. The Labute approximate surface area is 149 Å². The molecule has 0 radical (unpaired) electrons. The van der Waals surface area contributed by atoms with Gasteiger partial charge in [0.05, 0.1) is 37.4 Å². The van der Waals surface area contributed by atoms with Crippen LogP contribution in [0.3, 0.4) is 0 Å². The number of benzene rings is 1. The summed E-state index contributed by atoms with van der Waals surface area (Å²) in [6.45, 7) is 4.82. The molecule has 0 spiro atoms. The first-order valence-electron chi connectivity index (χ1n) is 9.08. The molecule has 1 aliphatic heterocycles. The van der Waals surface area contributed by atoms with Crippen LogP contribution in [0.25, 0.3) is 0 Å². The second-order valence-corrected chi connectivity index (χ2v) is 7.69. The molecule has 1 aromatic rings. The van der Waals surface area contributed by atoms with E-state index in [-0.39, 0.29) is 42.2 Å². The Bertz CT molecular complexity index is 571. The van der Waals surface area contributed by atoms with E-state index in [0.29, 0.717) is 19.6 Å².